The number of hydrogen-bond acceptors (Lipinski definition) is 4. The molecule has 0 saturated carbocycles. The molecule has 3 rings (SSSR count). The molecule has 1 fully saturated rings. The minimum atomic E-state index is 0.116. The Balaban J connectivity index is 1.64. The number of amides is 1. The molecule has 2 aromatic rings. The summed E-state index contributed by atoms with van der Waals surface area (Å²) in [5, 5.41) is 3.10. The topological polar surface area (TPSA) is 59.4 Å². The van der Waals surface area contributed by atoms with E-state index in [2.05, 4.69) is 40.8 Å². The monoisotopic (exact) mass is 372 g/mol. The van der Waals surface area contributed by atoms with Gasteiger partial charge in [-0.3, -0.25) is 4.79 Å². The first-order valence-corrected chi connectivity index (χ1v) is 10.1. The molecule has 6 nitrogen and oxygen atoms in total. The number of ether oxygens (including phenoxy) is 1. The third-order valence-corrected chi connectivity index (χ3v) is 5.32. The van der Waals surface area contributed by atoms with Crippen molar-refractivity contribution >= 4 is 22.9 Å². The van der Waals surface area contributed by atoms with Crippen LogP contribution in [0.5, 0.6) is 0 Å². The maximum Gasteiger partial charge on any atom is 0.223 e. The molecular weight excluding hydrogens is 340 g/mol. The van der Waals surface area contributed by atoms with Gasteiger partial charge in [0.2, 0.25) is 11.9 Å². The number of nitrogens with zero attached hydrogens (tertiary/aromatic N) is 3. The van der Waals surface area contributed by atoms with Crippen LogP contribution < -0.4 is 10.2 Å². The highest BCUT2D eigenvalue weighted by Crippen LogP contribution is 2.27. The molecule has 6 heteroatoms. The Bertz CT molecular complexity index is 748. The van der Waals surface area contributed by atoms with Gasteiger partial charge in [0.05, 0.1) is 17.6 Å². The number of anilines is 1. The first-order valence-electron chi connectivity index (χ1n) is 10.1. The number of benzene rings is 1. The summed E-state index contributed by atoms with van der Waals surface area (Å²) in [6.07, 6.45) is 2.79. The van der Waals surface area contributed by atoms with E-state index in [1.54, 1.807) is 7.11 Å². The standard InChI is InChI=1S/C21H32N4O2/c1-16(2)8-11-22-20(26)17-9-12-24(13-10-17)21-23-18-6-4-5-7-19(18)25(21)14-15-27-3/h4-7,16-17H,8-15H2,1-3H3,(H,22,26). The van der Waals surface area contributed by atoms with Crippen molar-refractivity contribution in [2.24, 2.45) is 11.8 Å². The highest BCUT2D eigenvalue weighted by atomic mass is 16.5. The Morgan fingerprint density at radius 1 is 1.30 bits per heavy atom. The molecule has 0 radical (unpaired) electrons. The first-order chi connectivity index (χ1) is 13.1. The van der Waals surface area contributed by atoms with Gasteiger partial charge in [-0.15, -0.1) is 0 Å². The number of methoxy groups -OCH3 is 1. The molecule has 1 saturated heterocycles. The summed E-state index contributed by atoms with van der Waals surface area (Å²) in [5.41, 5.74) is 2.15. The third kappa shape index (κ3) is 4.80. The molecule has 148 valence electrons. The van der Waals surface area contributed by atoms with Crippen LogP contribution in [0, 0.1) is 11.8 Å². The average Bonchev–Trinajstić information content (AvgIpc) is 3.04. The summed E-state index contributed by atoms with van der Waals surface area (Å²) in [5.74, 6) is 1.94. The molecule has 1 aliphatic heterocycles. The summed E-state index contributed by atoms with van der Waals surface area (Å²) in [6.45, 7) is 8.30. The van der Waals surface area contributed by atoms with Gasteiger partial charge in [0.25, 0.3) is 0 Å². The van der Waals surface area contributed by atoms with E-state index in [1.807, 2.05) is 12.1 Å². The number of carbonyl (C=O) groups excluding carboxylic acids is 1. The largest absolute Gasteiger partial charge is 0.383 e. The molecule has 0 bridgehead atoms. The van der Waals surface area contributed by atoms with Gasteiger partial charge >= 0.3 is 0 Å². The van der Waals surface area contributed by atoms with Gasteiger partial charge in [0, 0.05) is 39.2 Å². The fraction of sp³-hybridized carbons (Fsp3) is 0.619. The van der Waals surface area contributed by atoms with Gasteiger partial charge in [-0.1, -0.05) is 26.0 Å². The molecule has 1 aliphatic rings. The predicted octanol–water partition coefficient (Wildman–Crippen LogP) is 3.06. The maximum absolute atomic E-state index is 12.4. The quantitative estimate of drug-likeness (QED) is 0.774. The molecule has 0 aliphatic carbocycles. The molecule has 2 heterocycles. The molecular formula is C21H32N4O2. The highest BCUT2D eigenvalue weighted by molar-refractivity contribution is 5.80. The number of fused-ring (bicyclic) bond motifs is 1. The van der Waals surface area contributed by atoms with Crippen molar-refractivity contribution in [2.45, 2.75) is 39.7 Å². The van der Waals surface area contributed by atoms with Gasteiger partial charge in [0.1, 0.15) is 0 Å². The Labute approximate surface area is 161 Å². The Kier molecular flexibility index (Phi) is 6.72. The van der Waals surface area contributed by atoms with Gasteiger partial charge in [-0.05, 0) is 37.3 Å². The van der Waals surface area contributed by atoms with E-state index in [0.717, 1.165) is 62.4 Å². The molecule has 1 aromatic heterocycles. The number of carbonyl (C=O) groups is 1. The summed E-state index contributed by atoms with van der Waals surface area (Å²) in [4.78, 5) is 19.6. The minimum Gasteiger partial charge on any atom is -0.383 e. The Morgan fingerprint density at radius 2 is 2.04 bits per heavy atom. The van der Waals surface area contributed by atoms with Gasteiger partial charge < -0.3 is 19.5 Å². The summed E-state index contributed by atoms with van der Waals surface area (Å²) < 4.78 is 7.53. The average molecular weight is 373 g/mol. The molecule has 1 amide bonds. The predicted molar refractivity (Wildman–Crippen MR) is 109 cm³/mol. The number of para-hydroxylation sites is 2. The van der Waals surface area contributed by atoms with Crippen molar-refractivity contribution in [3.05, 3.63) is 24.3 Å². The zero-order valence-electron chi connectivity index (χ0n) is 16.8. The number of aromatic nitrogens is 2. The van der Waals surface area contributed by atoms with Gasteiger partial charge in [-0.2, -0.15) is 0 Å². The highest BCUT2D eigenvalue weighted by Gasteiger charge is 2.27. The van der Waals surface area contributed by atoms with Crippen LogP contribution in [0.1, 0.15) is 33.1 Å². The van der Waals surface area contributed by atoms with Crippen LogP contribution in [0.15, 0.2) is 24.3 Å². The van der Waals surface area contributed by atoms with E-state index in [-0.39, 0.29) is 11.8 Å². The lowest BCUT2D eigenvalue weighted by Crippen LogP contribution is -2.41. The van der Waals surface area contributed by atoms with Crippen LogP contribution in [0.3, 0.4) is 0 Å². The van der Waals surface area contributed by atoms with Crippen molar-refractivity contribution in [3.63, 3.8) is 0 Å². The van der Waals surface area contributed by atoms with Gasteiger partial charge in [-0.25, -0.2) is 4.98 Å². The molecule has 0 spiro atoms. The second-order valence-corrected chi connectivity index (χ2v) is 7.78. The fourth-order valence-corrected chi connectivity index (χ4v) is 3.68. The molecule has 1 N–H and O–H groups in total. The Hall–Kier alpha value is -2.08. The normalized spacial score (nSPS) is 15.6. The maximum atomic E-state index is 12.4. The van der Waals surface area contributed by atoms with Crippen LogP contribution >= 0.6 is 0 Å². The SMILES string of the molecule is COCCn1c(N2CCC(C(=O)NCCC(C)C)CC2)nc2ccccc21. The molecule has 0 atom stereocenters. The van der Waals surface area contributed by atoms with Crippen molar-refractivity contribution < 1.29 is 9.53 Å². The van der Waals surface area contributed by atoms with E-state index >= 15 is 0 Å². The van der Waals surface area contributed by atoms with E-state index < -0.39 is 0 Å². The number of imidazole rings is 1. The zero-order valence-corrected chi connectivity index (χ0v) is 16.8. The lowest BCUT2D eigenvalue weighted by molar-refractivity contribution is -0.125. The number of piperidine rings is 1. The summed E-state index contributed by atoms with van der Waals surface area (Å²) >= 11 is 0. The van der Waals surface area contributed by atoms with E-state index in [9.17, 15) is 4.79 Å². The molecule has 1 aromatic carbocycles. The minimum absolute atomic E-state index is 0.116. The first kappa shape index (κ1) is 19.7. The fourth-order valence-electron chi connectivity index (χ4n) is 3.68. The zero-order chi connectivity index (χ0) is 19.2. The summed E-state index contributed by atoms with van der Waals surface area (Å²) in [6, 6.07) is 8.23. The van der Waals surface area contributed by atoms with E-state index in [4.69, 9.17) is 9.72 Å². The molecule has 27 heavy (non-hydrogen) atoms. The third-order valence-electron chi connectivity index (χ3n) is 5.32. The second kappa shape index (κ2) is 9.22. The number of rotatable bonds is 8. The van der Waals surface area contributed by atoms with Crippen molar-refractivity contribution in [1.29, 1.82) is 0 Å². The van der Waals surface area contributed by atoms with Crippen LogP contribution in [0.25, 0.3) is 11.0 Å². The number of nitrogens with one attached hydrogen (secondary N) is 1. The van der Waals surface area contributed by atoms with Crippen molar-refractivity contribution in [1.82, 2.24) is 14.9 Å². The van der Waals surface area contributed by atoms with Crippen LogP contribution in [0.4, 0.5) is 5.95 Å². The molecule has 0 unspecified atom stereocenters. The summed E-state index contributed by atoms with van der Waals surface area (Å²) in [7, 11) is 1.72. The van der Waals surface area contributed by atoms with Crippen LogP contribution in [-0.4, -0.2) is 48.8 Å². The van der Waals surface area contributed by atoms with E-state index in [0.29, 0.717) is 12.5 Å². The lowest BCUT2D eigenvalue weighted by Gasteiger charge is -2.32. The second-order valence-electron chi connectivity index (χ2n) is 7.78. The van der Waals surface area contributed by atoms with Crippen LogP contribution in [-0.2, 0) is 16.1 Å². The van der Waals surface area contributed by atoms with Crippen molar-refractivity contribution in [3.8, 4) is 0 Å². The Morgan fingerprint density at radius 3 is 2.74 bits per heavy atom. The van der Waals surface area contributed by atoms with E-state index in [1.165, 1.54) is 0 Å². The lowest BCUT2D eigenvalue weighted by atomic mass is 9.96. The van der Waals surface area contributed by atoms with Crippen LogP contribution in [0.2, 0.25) is 0 Å². The smallest absolute Gasteiger partial charge is 0.223 e. The van der Waals surface area contributed by atoms with Gasteiger partial charge in [0.15, 0.2) is 0 Å². The number of hydrogen-bond donors (Lipinski definition) is 1. The van der Waals surface area contributed by atoms with Crippen molar-refractivity contribution in [2.75, 3.05) is 38.3 Å².